The molecule has 1 aliphatic rings. The van der Waals surface area contributed by atoms with Gasteiger partial charge in [-0.15, -0.1) is 0 Å². The number of rotatable bonds is 2. The Balaban J connectivity index is 2.23. The van der Waals surface area contributed by atoms with Gasteiger partial charge in [-0.2, -0.15) is 0 Å². The zero-order chi connectivity index (χ0) is 10.7. The molecule has 2 heteroatoms. The molecule has 0 atom stereocenters. The Hall–Kier alpha value is -1.44. The van der Waals surface area contributed by atoms with Crippen LogP contribution in [0.4, 0.5) is 0 Å². The average Bonchev–Trinajstić information content (AvgIpc) is 2.30. The van der Waals surface area contributed by atoms with Crippen molar-refractivity contribution in [3.63, 3.8) is 0 Å². The van der Waals surface area contributed by atoms with E-state index in [2.05, 4.69) is 11.1 Å². The molecular weight excluding hydrogens is 186 g/mol. The minimum Gasteiger partial charge on any atom is -0.293 e. The van der Waals surface area contributed by atoms with Gasteiger partial charge in [-0.1, -0.05) is 12.1 Å². The first kappa shape index (κ1) is 10.1. The summed E-state index contributed by atoms with van der Waals surface area (Å²) in [6, 6.07) is 3.81. The predicted molar refractivity (Wildman–Crippen MR) is 60.7 cm³/mol. The molecule has 0 fully saturated rings. The van der Waals surface area contributed by atoms with Crippen molar-refractivity contribution in [1.82, 2.24) is 4.98 Å². The molecule has 0 saturated carbocycles. The van der Waals surface area contributed by atoms with Crippen LogP contribution in [0.2, 0.25) is 0 Å². The number of pyridine rings is 1. The molecule has 0 N–H and O–H groups in total. The quantitative estimate of drug-likeness (QED) is 0.687. The fraction of sp³-hybridized carbons (Fsp3) is 0.385. The lowest BCUT2D eigenvalue weighted by molar-refractivity contribution is 0.101. The molecule has 1 aromatic heterocycles. The first-order valence-electron chi connectivity index (χ1n) is 5.44. The van der Waals surface area contributed by atoms with Crippen molar-refractivity contribution < 1.29 is 4.79 Å². The van der Waals surface area contributed by atoms with E-state index in [0.717, 1.165) is 6.42 Å². The van der Waals surface area contributed by atoms with Crippen LogP contribution in [0.1, 0.15) is 48.7 Å². The molecule has 0 aliphatic heterocycles. The van der Waals surface area contributed by atoms with E-state index in [0.29, 0.717) is 5.69 Å². The van der Waals surface area contributed by atoms with E-state index in [9.17, 15) is 4.79 Å². The average molecular weight is 201 g/mol. The monoisotopic (exact) mass is 201 g/mol. The van der Waals surface area contributed by atoms with E-state index in [1.54, 1.807) is 6.92 Å². The van der Waals surface area contributed by atoms with Crippen LogP contribution in [0.25, 0.3) is 5.57 Å². The normalized spacial score (nSPS) is 15.9. The molecule has 0 unspecified atom stereocenters. The number of nitrogens with zero attached hydrogens (tertiary/aromatic N) is 1. The Bertz CT molecular complexity index is 390. The highest BCUT2D eigenvalue weighted by atomic mass is 16.1. The van der Waals surface area contributed by atoms with E-state index in [4.69, 9.17) is 0 Å². The van der Waals surface area contributed by atoms with Crippen LogP contribution in [0.3, 0.4) is 0 Å². The van der Waals surface area contributed by atoms with E-state index in [-0.39, 0.29) is 5.78 Å². The maximum absolute atomic E-state index is 11.1. The second kappa shape index (κ2) is 4.39. The minimum absolute atomic E-state index is 0.0270. The van der Waals surface area contributed by atoms with Crippen molar-refractivity contribution in [2.24, 2.45) is 0 Å². The number of allylic oxidation sites excluding steroid dienone is 2. The number of carbonyl (C=O) groups excluding carboxylic acids is 1. The molecule has 0 spiro atoms. The molecule has 0 bridgehead atoms. The lowest BCUT2D eigenvalue weighted by atomic mass is 9.94. The topological polar surface area (TPSA) is 30.0 Å². The first-order chi connectivity index (χ1) is 7.27. The highest BCUT2D eigenvalue weighted by Crippen LogP contribution is 2.25. The summed E-state index contributed by atoms with van der Waals surface area (Å²) < 4.78 is 0. The smallest absolute Gasteiger partial charge is 0.178 e. The summed E-state index contributed by atoms with van der Waals surface area (Å²) >= 11 is 0. The Morgan fingerprint density at radius 2 is 2.20 bits per heavy atom. The number of hydrogen-bond donors (Lipinski definition) is 0. The Morgan fingerprint density at radius 1 is 1.33 bits per heavy atom. The van der Waals surface area contributed by atoms with Gasteiger partial charge in [-0.05, 0) is 42.9 Å². The maximum atomic E-state index is 11.1. The van der Waals surface area contributed by atoms with Crippen molar-refractivity contribution in [2.75, 3.05) is 0 Å². The van der Waals surface area contributed by atoms with Crippen molar-refractivity contribution in [1.29, 1.82) is 0 Å². The molecule has 1 heterocycles. The van der Waals surface area contributed by atoms with E-state index >= 15 is 0 Å². The van der Waals surface area contributed by atoms with Gasteiger partial charge in [0.15, 0.2) is 5.78 Å². The highest BCUT2D eigenvalue weighted by molar-refractivity contribution is 5.92. The standard InChI is InChI=1S/C13H15NO/c1-10(15)13-8-7-12(9-14-13)11-5-3-2-4-6-11/h5,7-9H,2-4,6H2,1H3. The summed E-state index contributed by atoms with van der Waals surface area (Å²) in [6.45, 7) is 1.54. The molecule has 0 saturated heterocycles. The fourth-order valence-electron chi connectivity index (χ4n) is 1.89. The fourth-order valence-corrected chi connectivity index (χ4v) is 1.89. The van der Waals surface area contributed by atoms with Crippen LogP contribution in [0.5, 0.6) is 0 Å². The molecule has 0 radical (unpaired) electrons. The molecule has 0 aromatic carbocycles. The molecule has 15 heavy (non-hydrogen) atoms. The van der Waals surface area contributed by atoms with Crippen LogP contribution in [-0.2, 0) is 0 Å². The number of carbonyl (C=O) groups is 1. The van der Waals surface area contributed by atoms with Gasteiger partial charge in [0.2, 0.25) is 0 Å². The van der Waals surface area contributed by atoms with Crippen LogP contribution in [-0.4, -0.2) is 10.8 Å². The van der Waals surface area contributed by atoms with Gasteiger partial charge >= 0.3 is 0 Å². The third kappa shape index (κ3) is 2.32. The maximum Gasteiger partial charge on any atom is 0.178 e. The first-order valence-corrected chi connectivity index (χ1v) is 5.44. The zero-order valence-corrected chi connectivity index (χ0v) is 8.99. The van der Waals surface area contributed by atoms with Gasteiger partial charge in [0.1, 0.15) is 5.69 Å². The lowest BCUT2D eigenvalue weighted by Crippen LogP contribution is -1.98. The van der Waals surface area contributed by atoms with Crippen molar-refractivity contribution in [2.45, 2.75) is 32.6 Å². The molecular formula is C13H15NO. The van der Waals surface area contributed by atoms with Crippen molar-refractivity contribution in [3.8, 4) is 0 Å². The van der Waals surface area contributed by atoms with Crippen molar-refractivity contribution >= 4 is 11.4 Å². The van der Waals surface area contributed by atoms with Crippen LogP contribution in [0.15, 0.2) is 24.4 Å². The summed E-state index contributed by atoms with van der Waals surface area (Å²) in [7, 11) is 0. The summed E-state index contributed by atoms with van der Waals surface area (Å²) in [4.78, 5) is 15.2. The lowest BCUT2D eigenvalue weighted by Gasteiger charge is -2.12. The van der Waals surface area contributed by atoms with Gasteiger partial charge in [0, 0.05) is 13.1 Å². The highest BCUT2D eigenvalue weighted by Gasteiger charge is 2.07. The third-order valence-corrected chi connectivity index (χ3v) is 2.79. The van der Waals surface area contributed by atoms with Crippen LogP contribution >= 0.6 is 0 Å². The third-order valence-electron chi connectivity index (χ3n) is 2.79. The Morgan fingerprint density at radius 3 is 2.73 bits per heavy atom. The Kier molecular flexibility index (Phi) is 2.95. The molecule has 2 rings (SSSR count). The van der Waals surface area contributed by atoms with E-state index in [1.165, 1.54) is 30.4 Å². The van der Waals surface area contributed by atoms with Crippen molar-refractivity contribution in [3.05, 3.63) is 35.7 Å². The molecule has 0 amide bonds. The summed E-state index contributed by atoms with van der Waals surface area (Å²) in [5.41, 5.74) is 3.10. The summed E-state index contributed by atoms with van der Waals surface area (Å²) in [6.07, 6.45) is 8.97. The van der Waals surface area contributed by atoms with E-state index in [1.807, 2.05) is 18.3 Å². The molecule has 2 nitrogen and oxygen atoms in total. The molecule has 1 aliphatic carbocycles. The number of ketones is 1. The SMILES string of the molecule is CC(=O)c1ccc(C2=CCCCC2)cn1. The largest absolute Gasteiger partial charge is 0.293 e. The van der Waals surface area contributed by atoms with Gasteiger partial charge in [-0.25, -0.2) is 0 Å². The Labute approximate surface area is 90.0 Å². The second-order valence-electron chi connectivity index (χ2n) is 3.96. The predicted octanol–water partition coefficient (Wildman–Crippen LogP) is 3.24. The zero-order valence-electron chi connectivity index (χ0n) is 8.99. The second-order valence-corrected chi connectivity index (χ2v) is 3.96. The minimum atomic E-state index is 0.0270. The number of hydrogen-bond acceptors (Lipinski definition) is 2. The van der Waals surface area contributed by atoms with Crippen LogP contribution in [0, 0.1) is 0 Å². The van der Waals surface area contributed by atoms with Gasteiger partial charge < -0.3 is 0 Å². The summed E-state index contributed by atoms with van der Waals surface area (Å²) in [5, 5.41) is 0. The van der Waals surface area contributed by atoms with Gasteiger partial charge in [0.05, 0.1) is 0 Å². The number of Topliss-reactive ketones (excluding diaryl/α,β-unsaturated/α-hetero) is 1. The van der Waals surface area contributed by atoms with Gasteiger partial charge in [-0.3, -0.25) is 9.78 Å². The van der Waals surface area contributed by atoms with Gasteiger partial charge in [0.25, 0.3) is 0 Å². The molecule has 1 aromatic rings. The summed E-state index contributed by atoms with van der Waals surface area (Å²) in [5.74, 6) is 0.0270. The van der Waals surface area contributed by atoms with Crippen LogP contribution < -0.4 is 0 Å². The number of aromatic nitrogens is 1. The van der Waals surface area contributed by atoms with E-state index < -0.39 is 0 Å². The molecule has 78 valence electrons.